The summed E-state index contributed by atoms with van der Waals surface area (Å²) < 4.78 is 34.9. The van der Waals surface area contributed by atoms with Crippen LogP contribution in [0.25, 0.3) is 11.1 Å². The number of carboxylic acids is 1. The van der Waals surface area contributed by atoms with Gasteiger partial charge in [0.15, 0.2) is 0 Å². The third kappa shape index (κ3) is 5.94. The summed E-state index contributed by atoms with van der Waals surface area (Å²) in [6.07, 6.45) is -0.819. The van der Waals surface area contributed by atoms with Gasteiger partial charge in [-0.2, -0.15) is 0 Å². The van der Waals surface area contributed by atoms with Crippen LogP contribution in [0.2, 0.25) is 0 Å². The van der Waals surface area contributed by atoms with Crippen molar-refractivity contribution in [1.82, 2.24) is 5.32 Å². The number of aliphatic carboxylic acids is 1. The summed E-state index contributed by atoms with van der Waals surface area (Å²) in [4.78, 5) is 24.7. The Kier molecular flexibility index (Phi) is 7.80. The number of hydrogen-bond acceptors (Lipinski definition) is 7. The quantitative estimate of drug-likeness (QED) is 0.215. The first-order chi connectivity index (χ1) is 20.4. The van der Waals surface area contributed by atoms with Gasteiger partial charge in [-0.1, -0.05) is 84.9 Å². The molecule has 4 aromatic rings. The lowest BCUT2D eigenvalue weighted by Crippen LogP contribution is -2.43. The number of nitrogens with one attached hydrogen (secondary N) is 1. The predicted octanol–water partition coefficient (Wildman–Crippen LogP) is 6.45. The molecule has 1 aliphatic heterocycles. The van der Waals surface area contributed by atoms with E-state index >= 15 is 0 Å². The number of rotatable bonds is 9. The molecule has 0 spiro atoms. The molecule has 6 rings (SSSR count). The molecular formula is C32H28NO8P. The monoisotopic (exact) mass is 585 g/mol. The van der Waals surface area contributed by atoms with Gasteiger partial charge in [0.05, 0.1) is 13.2 Å². The number of benzene rings is 4. The molecule has 4 aromatic carbocycles. The van der Waals surface area contributed by atoms with E-state index in [1.165, 1.54) is 0 Å². The molecule has 2 N–H and O–H groups in total. The van der Waals surface area contributed by atoms with E-state index in [1.807, 2.05) is 78.9 Å². The number of alkyl carbamates (subject to hydrolysis) is 1. The number of fused-ring (bicyclic) bond motifs is 4. The maximum atomic E-state index is 12.9. The van der Waals surface area contributed by atoms with Crippen molar-refractivity contribution < 1.29 is 37.6 Å². The van der Waals surface area contributed by atoms with Crippen LogP contribution in [-0.4, -0.2) is 29.8 Å². The highest BCUT2D eigenvalue weighted by molar-refractivity contribution is 7.49. The van der Waals surface area contributed by atoms with Crippen molar-refractivity contribution in [3.8, 4) is 16.9 Å². The summed E-state index contributed by atoms with van der Waals surface area (Å²) in [6, 6.07) is 28.9. The second kappa shape index (κ2) is 11.8. The van der Waals surface area contributed by atoms with Gasteiger partial charge >= 0.3 is 19.9 Å². The second-order valence-electron chi connectivity index (χ2n) is 10.1. The van der Waals surface area contributed by atoms with E-state index in [-0.39, 0.29) is 32.2 Å². The molecule has 1 aliphatic carbocycles. The minimum atomic E-state index is -3.81. The molecule has 0 aromatic heterocycles. The van der Waals surface area contributed by atoms with Crippen LogP contribution in [0.3, 0.4) is 0 Å². The number of carbonyl (C=O) groups is 2. The zero-order valence-corrected chi connectivity index (χ0v) is 23.4. The highest BCUT2D eigenvalue weighted by Gasteiger charge is 2.35. The summed E-state index contributed by atoms with van der Waals surface area (Å²) in [7, 11) is -3.81. The second-order valence-corrected chi connectivity index (χ2v) is 11.7. The van der Waals surface area contributed by atoms with E-state index in [0.717, 1.165) is 27.8 Å². The minimum Gasteiger partial charge on any atom is -0.480 e. The van der Waals surface area contributed by atoms with Gasteiger partial charge in [-0.05, 0) is 45.5 Å². The summed E-state index contributed by atoms with van der Waals surface area (Å²) in [6.45, 7) is 0.103. The van der Waals surface area contributed by atoms with E-state index in [1.54, 1.807) is 18.2 Å². The molecule has 10 heteroatoms. The Balaban J connectivity index is 1.07. The molecule has 0 saturated heterocycles. The fraction of sp³-hybridized carbons (Fsp3) is 0.188. The first kappa shape index (κ1) is 27.7. The van der Waals surface area contributed by atoms with Gasteiger partial charge in [0.1, 0.15) is 18.4 Å². The Bertz CT molecular complexity index is 1630. The van der Waals surface area contributed by atoms with Crippen LogP contribution in [0.1, 0.15) is 33.7 Å². The maximum Gasteiger partial charge on any atom is 0.530 e. The van der Waals surface area contributed by atoms with Gasteiger partial charge in [-0.3, -0.25) is 9.05 Å². The van der Waals surface area contributed by atoms with Crippen LogP contribution in [-0.2, 0) is 42.8 Å². The number of amides is 1. The van der Waals surface area contributed by atoms with Crippen LogP contribution >= 0.6 is 7.82 Å². The predicted molar refractivity (Wildman–Crippen MR) is 154 cm³/mol. The molecule has 42 heavy (non-hydrogen) atoms. The lowest BCUT2D eigenvalue weighted by molar-refractivity contribution is -0.139. The Morgan fingerprint density at radius 3 is 2.26 bits per heavy atom. The molecule has 0 saturated carbocycles. The molecular weight excluding hydrogens is 557 g/mol. The SMILES string of the molecule is O=C(N[C@H](Cc1ccc2c(c1)COP(=O)(OCc1ccccc1)O2)C(=O)O)OCC1c2ccccc2-c2ccccc21. The molecule has 9 nitrogen and oxygen atoms in total. The Morgan fingerprint density at radius 2 is 1.57 bits per heavy atom. The van der Waals surface area contributed by atoms with Crippen LogP contribution in [0.4, 0.5) is 4.79 Å². The van der Waals surface area contributed by atoms with Crippen molar-refractivity contribution in [1.29, 1.82) is 0 Å². The van der Waals surface area contributed by atoms with Gasteiger partial charge in [0.2, 0.25) is 0 Å². The number of carboxylic acid groups (broad SMARTS) is 1. The van der Waals surface area contributed by atoms with Gasteiger partial charge in [-0.25, -0.2) is 14.2 Å². The summed E-state index contributed by atoms with van der Waals surface area (Å²) in [5, 5.41) is 12.3. The smallest absolute Gasteiger partial charge is 0.480 e. The maximum absolute atomic E-state index is 12.9. The van der Waals surface area contributed by atoms with Crippen molar-refractivity contribution in [2.45, 2.75) is 31.6 Å². The van der Waals surface area contributed by atoms with E-state index in [0.29, 0.717) is 16.9 Å². The first-order valence-electron chi connectivity index (χ1n) is 13.5. The van der Waals surface area contributed by atoms with Gasteiger partial charge in [-0.15, -0.1) is 0 Å². The van der Waals surface area contributed by atoms with E-state index in [9.17, 15) is 19.3 Å². The lowest BCUT2D eigenvalue weighted by Gasteiger charge is -2.25. The number of hydrogen-bond donors (Lipinski definition) is 2. The third-order valence-electron chi connectivity index (χ3n) is 7.32. The molecule has 2 aliphatic rings. The van der Waals surface area contributed by atoms with Crippen molar-refractivity contribution in [2.75, 3.05) is 6.61 Å². The molecule has 1 amide bonds. The Morgan fingerprint density at radius 1 is 0.905 bits per heavy atom. The average molecular weight is 586 g/mol. The van der Waals surface area contributed by atoms with Crippen molar-refractivity contribution >= 4 is 19.9 Å². The average Bonchev–Trinajstić information content (AvgIpc) is 3.33. The zero-order chi connectivity index (χ0) is 29.1. The van der Waals surface area contributed by atoms with Gasteiger partial charge in [0, 0.05) is 17.9 Å². The fourth-order valence-corrected chi connectivity index (χ4v) is 6.47. The molecule has 1 heterocycles. The van der Waals surface area contributed by atoms with Crippen LogP contribution in [0.15, 0.2) is 97.1 Å². The standard InChI is InChI=1S/C32H28NO8P/c34-31(35)29(33-32(36)38-20-28-26-12-6-4-10-24(26)25-11-5-7-13-27(25)28)17-22-14-15-30-23(16-22)19-40-42(37,41-30)39-18-21-8-2-1-3-9-21/h1-16,28-29H,17-20H2,(H,33,36)(H,34,35)/t29-,42?/m1/s1. The van der Waals surface area contributed by atoms with Crippen LogP contribution in [0, 0.1) is 0 Å². The van der Waals surface area contributed by atoms with Crippen molar-refractivity contribution in [2.24, 2.45) is 0 Å². The molecule has 0 radical (unpaired) electrons. The fourth-order valence-electron chi connectivity index (χ4n) is 5.27. The largest absolute Gasteiger partial charge is 0.530 e. The van der Waals surface area contributed by atoms with Crippen molar-refractivity contribution in [3.05, 3.63) is 125 Å². The third-order valence-corrected chi connectivity index (χ3v) is 8.63. The lowest BCUT2D eigenvalue weighted by atomic mass is 9.98. The summed E-state index contributed by atoms with van der Waals surface area (Å²) in [5.41, 5.74) is 6.37. The first-order valence-corrected chi connectivity index (χ1v) is 14.9. The van der Waals surface area contributed by atoms with Gasteiger partial charge in [0.25, 0.3) is 0 Å². The number of carbonyl (C=O) groups excluding carboxylic acids is 1. The van der Waals surface area contributed by atoms with Crippen LogP contribution in [0.5, 0.6) is 5.75 Å². The number of phosphoric ester groups is 1. The molecule has 214 valence electrons. The molecule has 0 fully saturated rings. The number of phosphoric acid groups is 1. The molecule has 0 bridgehead atoms. The topological polar surface area (TPSA) is 120 Å². The van der Waals surface area contributed by atoms with E-state index in [4.69, 9.17) is 18.3 Å². The zero-order valence-electron chi connectivity index (χ0n) is 22.5. The Labute approximate surface area is 242 Å². The summed E-state index contributed by atoms with van der Waals surface area (Å²) >= 11 is 0. The number of ether oxygens (including phenoxy) is 1. The Hall–Kier alpha value is -4.43. The van der Waals surface area contributed by atoms with Crippen molar-refractivity contribution in [3.63, 3.8) is 0 Å². The van der Waals surface area contributed by atoms with Crippen LogP contribution < -0.4 is 9.84 Å². The van der Waals surface area contributed by atoms with E-state index in [2.05, 4.69) is 5.32 Å². The highest BCUT2D eigenvalue weighted by Crippen LogP contribution is 2.55. The highest BCUT2D eigenvalue weighted by atomic mass is 31.2. The normalized spacial score (nSPS) is 17.7. The summed E-state index contributed by atoms with van der Waals surface area (Å²) in [5.74, 6) is -1.01. The molecule has 2 atom stereocenters. The van der Waals surface area contributed by atoms with E-state index < -0.39 is 25.9 Å². The van der Waals surface area contributed by atoms with Gasteiger partial charge < -0.3 is 19.7 Å². The minimum absolute atomic E-state index is 0.00498. The molecule has 1 unspecified atom stereocenters.